The van der Waals surface area contributed by atoms with Crippen LogP contribution in [0.5, 0.6) is 11.5 Å². The molecule has 98 valence electrons. The van der Waals surface area contributed by atoms with E-state index in [1.165, 1.54) is 25.1 Å². The van der Waals surface area contributed by atoms with E-state index in [9.17, 15) is 19.8 Å². The van der Waals surface area contributed by atoms with E-state index in [1.807, 2.05) is 0 Å². The van der Waals surface area contributed by atoms with Gasteiger partial charge < -0.3 is 10.2 Å². The Morgan fingerprint density at radius 3 is 2.63 bits per heavy atom. The molecule has 0 saturated carbocycles. The molecule has 0 aliphatic carbocycles. The number of carbonyl (C=O) groups is 2. The molecular formula is C12H9NO4S2. The molecule has 1 saturated heterocycles. The Morgan fingerprint density at radius 1 is 1.42 bits per heavy atom. The number of carbonyl (C=O) groups excluding carboxylic acids is 2. The van der Waals surface area contributed by atoms with Gasteiger partial charge in [-0.05, 0) is 18.2 Å². The number of nitrogens with zero attached hydrogens (tertiary/aromatic N) is 1. The summed E-state index contributed by atoms with van der Waals surface area (Å²) < 4.78 is 0.169. The lowest BCUT2D eigenvalue weighted by molar-refractivity contribution is -0.135. The first-order valence-electron chi connectivity index (χ1n) is 5.20. The molecular weight excluding hydrogens is 286 g/mol. The summed E-state index contributed by atoms with van der Waals surface area (Å²) in [6, 6.07) is 4.01. The quantitative estimate of drug-likeness (QED) is 0.608. The lowest BCUT2D eigenvalue weighted by Crippen LogP contribution is -2.32. The van der Waals surface area contributed by atoms with Crippen molar-refractivity contribution in [1.82, 2.24) is 4.90 Å². The van der Waals surface area contributed by atoms with Crippen molar-refractivity contribution in [2.24, 2.45) is 0 Å². The zero-order valence-electron chi connectivity index (χ0n) is 9.78. The Labute approximate surface area is 118 Å². The van der Waals surface area contributed by atoms with Gasteiger partial charge in [-0.15, -0.1) is 0 Å². The highest BCUT2D eigenvalue weighted by molar-refractivity contribution is 8.26. The monoisotopic (exact) mass is 295 g/mol. The maximum Gasteiger partial charge on any atom is 0.273 e. The minimum absolute atomic E-state index is 0.0778. The van der Waals surface area contributed by atoms with Gasteiger partial charge in [-0.3, -0.25) is 9.59 Å². The van der Waals surface area contributed by atoms with Crippen LogP contribution in [0.2, 0.25) is 0 Å². The molecule has 1 aromatic rings. The summed E-state index contributed by atoms with van der Waals surface area (Å²) in [6.07, 6.45) is 1.43. The molecule has 1 aliphatic heterocycles. The smallest absolute Gasteiger partial charge is 0.273 e. The predicted molar refractivity (Wildman–Crippen MR) is 75.5 cm³/mol. The number of amides is 2. The first kappa shape index (κ1) is 13.6. The highest BCUT2D eigenvalue weighted by Gasteiger charge is 2.34. The molecule has 0 aromatic heterocycles. The second kappa shape index (κ2) is 5.02. The number of phenolic OH excluding ortho intramolecular Hbond substituents is 2. The van der Waals surface area contributed by atoms with Crippen molar-refractivity contribution in [3.05, 3.63) is 28.7 Å². The summed E-state index contributed by atoms with van der Waals surface area (Å²) in [6.45, 7) is 1.26. The first-order chi connectivity index (χ1) is 8.90. The van der Waals surface area contributed by atoms with Crippen molar-refractivity contribution in [3.8, 4) is 11.5 Å². The van der Waals surface area contributed by atoms with Crippen molar-refractivity contribution in [2.45, 2.75) is 6.92 Å². The van der Waals surface area contributed by atoms with Crippen LogP contribution >= 0.6 is 24.0 Å². The highest BCUT2D eigenvalue weighted by Crippen LogP contribution is 2.34. The van der Waals surface area contributed by atoms with Crippen LogP contribution < -0.4 is 0 Å². The summed E-state index contributed by atoms with van der Waals surface area (Å²) in [5.74, 6) is -1.19. The van der Waals surface area contributed by atoms with Gasteiger partial charge in [0.05, 0.1) is 4.91 Å². The van der Waals surface area contributed by atoms with Crippen LogP contribution in [0.1, 0.15) is 12.5 Å². The molecule has 2 amide bonds. The van der Waals surface area contributed by atoms with E-state index in [0.29, 0.717) is 5.56 Å². The van der Waals surface area contributed by atoms with Gasteiger partial charge in [-0.25, -0.2) is 4.90 Å². The number of phenols is 2. The van der Waals surface area contributed by atoms with Crippen molar-refractivity contribution in [2.75, 3.05) is 0 Å². The molecule has 7 heteroatoms. The molecule has 1 aliphatic rings. The summed E-state index contributed by atoms with van der Waals surface area (Å²) in [4.78, 5) is 24.4. The molecule has 1 heterocycles. The largest absolute Gasteiger partial charge is 0.508 e. The van der Waals surface area contributed by atoms with Gasteiger partial charge in [-0.1, -0.05) is 24.0 Å². The van der Waals surface area contributed by atoms with Crippen molar-refractivity contribution < 1.29 is 19.8 Å². The number of imide groups is 1. The SMILES string of the molecule is CC(=O)N1C(=O)C(=Cc2ccc(O)cc2O)SC1=S. The summed E-state index contributed by atoms with van der Waals surface area (Å²) >= 11 is 5.94. The first-order valence-corrected chi connectivity index (χ1v) is 6.43. The third-order valence-corrected chi connectivity index (χ3v) is 3.71. The van der Waals surface area contributed by atoms with E-state index in [1.54, 1.807) is 0 Å². The van der Waals surface area contributed by atoms with E-state index in [0.717, 1.165) is 22.7 Å². The summed E-state index contributed by atoms with van der Waals surface area (Å²) in [5, 5.41) is 18.8. The second-order valence-corrected chi connectivity index (χ2v) is 5.46. The maximum absolute atomic E-state index is 11.9. The molecule has 19 heavy (non-hydrogen) atoms. The van der Waals surface area contributed by atoms with Crippen LogP contribution in [0.25, 0.3) is 6.08 Å². The van der Waals surface area contributed by atoms with Crippen LogP contribution in [0, 0.1) is 0 Å². The Kier molecular flexibility index (Phi) is 3.59. The highest BCUT2D eigenvalue weighted by atomic mass is 32.2. The van der Waals surface area contributed by atoms with Gasteiger partial charge in [0.15, 0.2) is 4.32 Å². The molecule has 0 bridgehead atoms. The van der Waals surface area contributed by atoms with Crippen LogP contribution in [0.15, 0.2) is 23.1 Å². The summed E-state index contributed by atoms with van der Waals surface area (Å²) in [7, 11) is 0. The summed E-state index contributed by atoms with van der Waals surface area (Å²) in [5.41, 5.74) is 0.363. The Balaban J connectivity index is 2.38. The minimum Gasteiger partial charge on any atom is -0.508 e. The standard InChI is InChI=1S/C12H9NO4S2/c1-6(14)13-11(17)10(19-12(13)18)4-7-2-3-8(15)5-9(7)16/h2-5,15-16H,1H3. The molecule has 2 N–H and O–H groups in total. The fourth-order valence-corrected chi connectivity index (χ4v) is 2.87. The Bertz CT molecular complexity index is 624. The number of rotatable bonds is 1. The van der Waals surface area contributed by atoms with E-state index < -0.39 is 11.8 Å². The van der Waals surface area contributed by atoms with Crippen molar-refractivity contribution in [1.29, 1.82) is 0 Å². The third kappa shape index (κ3) is 2.61. The molecule has 0 radical (unpaired) electrons. The molecule has 0 atom stereocenters. The fourth-order valence-electron chi connectivity index (χ4n) is 1.53. The average Bonchev–Trinajstić information content (AvgIpc) is 2.58. The number of aromatic hydroxyl groups is 2. The minimum atomic E-state index is -0.505. The number of thiocarbonyl (C=S) groups is 1. The van der Waals surface area contributed by atoms with Gasteiger partial charge >= 0.3 is 0 Å². The second-order valence-electron chi connectivity index (χ2n) is 3.78. The van der Waals surface area contributed by atoms with E-state index >= 15 is 0 Å². The Hall–Kier alpha value is -1.86. The zero-order valence-corrected chi connectivity index (χ0v) is 11.4. The predicted octanol–water partition coefficient (Wildman–Crippen LogP) is 1.85. The van der Waals surface area contributed by atoms with Gasteiger partial charge in [0, 0.05) is 18.6 Å². The molecule has 1 fully saturated rings. The normalized spacial score (nSPS) is 17.3. The number of benzene rings is 1. The van der Waals surface area contributed by atoms with Gasteiger partial charge in [0.25, 0.3) is 5.91 Å². The Morgan fingerprint density at radius 2 is 2.11 bits per heavy atom. The lowest BCUT2D eigenvalue weighted by atomic mass is 10.1. The van der Waals surface area contributed by atoms with Crippen molar-refractivity contribution >= 4 is 46.2 Å². The molecule has 1 aromatic carbocycles. The van der Waals surface area contributed by atoms with Crippen LogP contribution in [-0.4, -0.2) is 31.2 Å². The van der Waals surface area contributed by atoms with E-state index in [2.05, 4.69) is 0 Å². The molecule has 0 spiro atoms. The third-order valence-electron chi connectivity index (χ3n) is 2.41. The van der Waals surface area contributed by atoms with Crippen LogP contribution in [-0.2, 0) is 9.59 Å². The van der Waals surface area contributed by atoms with Gasteiger partial charge in [-0.2, -0.15) is 0 Å². The van der Waals surface area contributed by atoms with Crippen molar-refractivity contribution in [3.63, 3.8) is 0 Å². The molecule has 0 unspecified atom stereocenters. The lowest BCUT2D eigenvalue weighted by Gasteiger charge is -2.07. The topological polar surface area (TPSA) is 77.8 Å². The van der Waals surface area contributed by atoms with E-state index in [-0.39, 0.29) is 20.7 Å². The fraction of sp³-hybridized carbons (Fsp3) is 0.0833. The van der Waals surface area contributed by atoms with Crippen LogP contribution in [0.3, 0.4) is 0 Å². The number of thioether (sulfide) groups is 1. The molecule has 2 rings (SSSR count). The number of hydrogen-bond donors (Lipinski definition) is 2. The zero-order chi connectivity index (χ0) is 14.2. The van der Waals surface area contributed by atoms with Crippen LogP contribution in [0.4, 0.5) is 0 Å². The van der Waals surface area contributed by atoms with Gasteiger partial charge in [0.2, 0.25) is 5.91 Å². The molecule has 5 nitrogen and oxygen atoms in total. The maximum atomic E-state index is 11.9. The van der Waals surface area contributed by atoms with Gasteiger partial charge in [0.1, 0.15) is 11.5 Å². The number of hydrogen-bond acceptors (Lipinski definition) is 6. The van der Waals surface area contributed by atoms with E-state index in [4.69, 9.17) is 12.2 Å². The average molecular weight is 295 g/mol.